The number of aromatic nitrogens is 1. The standard InChI is InChI=1S/C13H16NO/c1-4-15-13-6-5-11-9-14(3)10(2)7-12(11)8-13/h5-9H,4H2,1-3H3/q+1. The summed E-state index contributed by atoms with van der Waals surface area (Å²) in [6, 6.07) is 8.38. The SMILES string of the molecule is CCOc1ccc2c[n+](C)c(C)cc2c1. The van der Waals surface area contributed by atoms with Crippen LogP contribution < -0.4 is 9.30 Å². The number of hydrogen-bond donors (Lipinski definition) is 0. The minimum Gasteiger partial charge on any atom is -0.494 e. The van der Waals surface area contributed by atoms with E-state index in [1.807, 2.05) is 13.0 Å². The summed E-state index contributed by atoms with van der Waals surface area (Å²) < 4.78 is 7.60. The lowest BCUT2D eigenvalue weighted by atomic mass is 10.1. The van der Waals surface area contributed by atoms with E-state index in [0.717, 1.165) is 5.75 Å². The van der Waals surface area contributed by atoms with E-state index in [0.29, 0.717) is 6.61 Å². The van der Waals surface area contributed by atoms with Crippen molar-refractivity contribution in [2.75, 3.05) is 6.61 Å². The number of hydrogen-bond acceptors (Lipinski definition) is 1. The van der Waals surface area contributed by atoms with Crippen molar-refractivity contribution in [3.05, 3.63) is 36.2 Å². The Morgan fingerprint density at radius 2 is 2.00 bits per heavy atom. The van der Waals surface area contributed by atoms with Crippen LogP contribution in [0.25, 0.3) is 10.8 Å². The average Bonchev–Trinajstić information content (AvgIpc) is 2.21. The molecule has 0 bridgehead atoms. The molecule has 2 aromatic rings. The molecule has 78 valence electrons. The van der Waals surface area contributed by atoms with Gasteiger partial charge in [-0.1, -0.05) is 0 Å². The molecule has 2 rings (SSSR count). The maximum atomic E-state index is 5.48. The summed E-state index contributed by atoms with van der Waals surface area (Å²) in [5.74, 6) is 0.943. The van der Waals surface area contributed by atoms with Crippen LogP contribution in [0.15, 0.2) is 30.5 Å². The Balaban J connectivity index is 2.56. The molecule has 0 spiro atoms. The number of pyridine rings is 1. The second-order valence-electron chi connectivity index (χ2n) is 3.75. The van der Waals surface area contributed by atoms with Crippen molar-refractivity contribution in [2.24, 2.45) is 7.05 Å². The van der Waals surface area contributed by atoms with E-state index in [4.69, 9.17) is 4.74 Å². The molecule has 0 aliphatic rings. The van der Waals surface area contributed by atoms with Gasteiger partial charge in [-0.2, -0.15) is 0 Å². The van der Waals surface area contributed by atoms with Gasteiger partial charge in [0, 0.05) is 18.4 Å². The van der Waals surface area contributed by atoms with E-state index in [2.05, 4.69) is 42.9 Å². The predicted octanol–water partition coefficient (Wildman–Crippen LogP) is 2.37. The van der Waals surface area contributed by atoms with E-state index in [1.165, 1.54) is 16.5 Å². The monoisotopic (exact) mass is 202 g/mol. The van der Waals surface area contributed by atoms with Crippen LogP contribution in [0.5, 0.6) is 5.75 Å². The second-order valence-corrected chi connectivity index (χ2v) is 3.75. The van der Waals surface area contributed by atoms with Crippen LogP contribution in [-0.4, -0.2) is 6.61 Å². The first kappa shape index (κ1) is 9.97. The third-order valence-electron chi connectivity index (χ3n) is 2.62. The van der Waals surface area contributed by atoms with Gasteiger partial charge in [0.15, 0.2) is 11.9 Å². The number of nitrogens with zero attached hydrogens (tertiary/aromatic N) is 1. The molecule has 0 saturated carbocycles. The van der Waals surface area contributed by atoms with Gasteiger partial charge in [0.25, 0.3) is 0 Å². The zero-order valence-electron chi connectivity index (χ0n) is 9.45. The quantitative estimate of drug-likeness (QED) is 0.681. The Morgan fingerprint density at radius 1 is 1.20 bits per heavy atom. The minimum atomic E-state index is 0.713. The third kappa shape index (κ3) is 1.94. The lowest BCUT2D eigenvalue weighted by Gasteiger charge is -2.04. The molecule has 1 aromatic carbocycles. The molecule has 0 unspecified atom stereocenters. The molecule has 0 N–H and O–H groups in total. The van der Waals surface area contributed by atoms with Crippen molar-refractivity contribution in [3.8, 4) is 5.75 Å². The van der Waals surface area contributed by atoms with Crippen LogP contribution in [0.3, 0.4) is 0 Å². The second kappa shape index (κ2) is 3.89. The predicted molar refractivity (Wildman–Crippen MR) is 61.0 cm³/mol. The summed E-state index contributed by atoms with van der Waals surface area (Å²) in [7, 11) is 2.06. The zero-order chi connectivity index (χ0) is 10.8. The highest BCUT2D eigenvalue weighted by Crippen LogP contribution is 2.20. The summed E-state index contributed by atoms with van der Waals surface area (Å²) in [5.41, 5.74) is 1.25. The van der Waals surface area contributed by atoms with Gasteiger partial charge >= 0.3 is 0 Å². The van der Waals surface area contributed by atoms with E-state index in [-0.39, 0.29) is 0 Å². The maximum absolute atomic E-state index is 5.48. The Morgan fingerprint density at radius 3 is 2.73 bits per heavy atom. The van der Waals surface area contributed by atoms with Gasteiger partial charge in [-0.15, -0.1) is 0 Å². The molecular weight excluding hydrogens is 186 g/mol. The van der Waals surface area contributed by atoms with E-state index >= 15 is 0 Å². The van der Waals surface area contributed by atoms with Crippen molar-refractivity contribution in [1.29, 1.82) is 0 Å². The molecule has 0 aliphatic heterocycles. The Bertz CT molecular complexity index is 491. The smallest absolute Gasteiger partial charge is 0.178 e. The van der Waals surface area contributed by atoms with E-state index < -0.39 is 0 Å². The van der Waals surface area contributed by atoms with Crippen LogP contribution in [0.4, 0.5) is 0 Å². The zero-order valence-corrected chi connectivity index (χ0v) is 9.45. The number of ether oxygens (including phenoxy) is 1. The lowest BCUT2D eigenvalue weighted by molar-refractivity contribution is -0.676. The van der Waals surface area contributed by atoms with E-state index in [1.54, 1.807) is 0 Å². The van der Waals surface area contributed by atoms with Crippen molar-refractivity contribution in [3.63, 3.8) is 0 Å². The Labute approximate surface area is 90.1 Å². The highest BCUT2D eigenvalue weighted by Gasteiger charge is 2.04. The number of aryl methyl sites for hydroxylation is 2. The fourth-order valence-electron chi connectivity index (χ4n) is 1.69. The topological polar surface area (TPSA) is 13.1 Å². The number of benzene rings is 1. The minimum absolute atomic E-state index is 0.713. The normalized spacial score (nSPS) is 10.6. The van der Waals surface area contributed by atoms with Crippen molar-refractivity contribution < 1.29 is 9.30 Å². The Hall–Kier alpha value is -1.57. The van der Waals surface area contributed by atoms with Gasteiger partial charge in [0.2, 0.25) is 0 Å². The van der Waals surface area contributed by atoms with Crippen molar-refractivity contribution >= 4 is 10.8 Å². The summed E-state index contributed by atoms with van der Waals surface area (Å²) in [5, 5.41) is 2.48. The molecule has 1 aromatic heterocycles. The molecule has 0 atom stereocenters. The van der Waals surface area contributed by atoms with Gasteiger partial charge in [-0.3, -0.25) is 0 Å². The van der Waals surface area contributed by atoms with Gasteiger partial charge in [-0.25, -0.2) is 4.57 Å². The maximum Gasteiger partial charge on any atom is 0.178 e. The van der Waals surface area contributed by atoms with Crippen LogP contribution in [-0.2, 0) is 7.05 Å². The first-order chi connectivity index (χ1) is 7.20. The van der Waals surface area contributed by atoms with Gasteiger partial charge in [0.05, 0.1) is 6.61 Å². The van der Waals surface area contributed by atoms with Crippen LogP contribution in [0, 0.1) is 6.92 Å². The summed E-state index contributed by atoms with van der Waals surface area (Å²) in [4.78, 5) is 0. The summed E-state index contributed by atoms with van der Waals surface area (Å²) >= 11 is 0. The van der Waals surface area contributed by atoms with Gasteiger partial charge < -0.3 is 4.74 Å². The largest absolute Gasteiger partial charge is 0.494 e. The van der Waals surface area contributed by atoms with Crippen LogP contribution in [0.1, 0.15) is 12.6 Å². The Kier molecular flexibility index (Phi) is 2.58. The number of fused-ring (bicyclic) bond motifs is 1. The molecule has 2 heteroatoms. The van der Waals surface area contributed by atoms with E-state index in [9.17, 15) is 0 Å². The van der Waals surface area contributed by atoms with Gasteiger partial charge in [0.1, 0.15) is 12.8 Å². The molecule has 2 nitrogen and oxygen atoms in total. The molecule has 0 radical (unpaired) electrons. The molecule has 0 aliphatic carbocycles. The van der Waals surface area contributed by atoms with Crippen molar-refractivity contribution in [1.82, 2.24) is 0 Å². The molecule has 1 heterocycles. The fraction of sp³-hybridized carbons (Fsp3) is 0.308. The third-order valence-corrected chi connectivity index (χ3v) is 2.62. The van der Waals surface area contributed by atoms with Crippen molar-refractivity contribution in [2.45, 2.75) is 13.8 Å². The molecule has 15 heavy (non-hydrogen) atoms. The lowest BCUT2D eigenvalue weighted by Crippen LogP contribution is -2.30. The summed E-state index contributed by atoms with van der Waals surface area (Å²) in [6.07, 6.45) is 2.14. The first-order valence-corrected chi connectivity index (χ1v) is 5.23. The average molecular weight is 202 g/mol. The molecular formula is C13H16NO+. The van der Waals surface area contributed by atoms with Crippen LogP contribution in [0.2, 0.25) is 0 Å². The summed E-state index contributed by atoms with van der Waals surface area (Å²) in [6.45, 7) is 4.82. The van der Waals surface area contributed by atoms with Crippen LogP contribution >= 0.6 is 0 Å². The first-order valence-electron chi connectivity index (χ1n) is 5.23. The molecule has 0 saturated heterocycles. The highest BCUT2D eigenvalue weighted by atomic mass is 16.5. The molecule has 0 fully saturated rings. The highest BCUT2D eigenvalue weighted by molar-refractivity contribution is 5.82. The van der Waals surface area contributed by atoms with Gasteiger partial charge in [-0.05, 0) is 30.5 Å². The fourth-order valence-corrected chi connectivity index (χ4v) is 1.69. The molecule has 0 amide bonds. The number of rotatable bonds is 2.